The molecule has 1 aromatic heterocycles. The van der Waals surface area contributed by atoms with Gasteiger partial charge in [-0.25, -0.2) is 0 Å². The number of aromatic amines is 1. The molecule has 0 spiro atoms. The fraction of sp³-hybridized carbons (Fsp3) is 0.500. The number of nitrogens with one attached hydrogen (secondary N) is 1. The summed E-state index contributed by atoms with van der Waals surface area (Å²) >= 11 is 0. The Morgan fingerprint density at radius 3 is 3.05 bits per heavy atom. The molecule has 0 bridgehead atoms. The maximum absolute atomic E-state index is 5.33. The fourth-order valence-electron chi connectivity index (χ4n) is 3.11. The van der Waals surface area contributed by atoms with Gasteiger partial charge in [0.1, 0.15) is 5.75 Å². The minimum Gasteiger partial charge on any atom is -0.497 e. The Hall–Kier alpha value is -1.48. The van der Waals surface area contributed by atoms with E-state index in [1.165, 1.54) is 42.3 Å². The van der Waals surface area contributed by atoms with Gasteiger partial charge in [0.25, 0.3) is 0 Å². The van der Waals surface area contributed by atoms with Gasteiger partial charge in [-0.05, 0) is 56.6 Å². The molecule has 0 radical (unpaired) electrons. The van der Waals surface area contributed by atoms with Crippen molar-refractivity contribution in [1.82, 2.24) is 9.88 Å². The van der Waals surface area contributed by atoms with Crippen molar-refractivity contribution in [2.45, 2.75) is 31.7 Å². The van der Waals surface area contributed by atoms with Gasteiger partial charge >= 0.3 is 0 Å². The molecule has 0 aliphatic carbocycles. The number of ether oxygens (including phenoxy) is 1. The molecule has 3 heteroatoms. The molecule has 1 N–H and O–H groups in total. The standard InChI is InChI=1S/C16H22N2O/c1-18-8-4-3-5-13(18)9-12-11-17-16-7-6-14(19-2)10-15(12)16/h6-7,10-11,13,17H,3-5,8-9H2,1-2H3/t13-/m0/s1. The van der Waals surface area contributed by atoms with E-state index in [0.717, 1.165) is 12.2 Å². The Labute approximate surface area is 114 Å². The molecule has 1 atom stereocenters. The largest absolute Gasteiger partial charge is 0.497 e. The van der Waals surface area contributed by atoms with E-state index in [1.807, 2.05) is 6.07 Å². The zero-order chi connectivity index (χ0) is 13.2. The molecule has 1 aliphatic heterocycles. The molecule has 0 unspecified atom stereocenters. The Balaban J connectivity index is 1.87. The van der Waals surface area contributed by atoms with Crippen molar-refractivity contribution in [1.29, 1.82) is 0 Å². The van der Waals surface area contributed by atoms with Gasteiger partial charge in [0, 0.05) is 23.1 Å². The van der Waals surface area contributed by atoms with Crippen LogP contribution in [0, 0.1) is 0 Å². The Bertz CT molecular complexity index is 561. The normalized spacial score (nSPS) is 20.8. The van der Waals surface area contributed by atoms with Crippen molar-refractivity contribution >= 4 is 10.9 Å². The van der Waals surface area contributed by atoms with E-state index < -0.39 is 0 Å². The quantitative estimate of drug-likeness (QED) is 0.915. The molecule has 19 heavy (non-hydrogen) atoms. The van der Waals surface area contributed by atoms with Gasteiger partial charge in [-0.3, -0.25) is 0 Å². The van der Waals surface area contributed by atoms with E-state index in [0.29, 0.717) is 6.04 Å². The van der Waals surface area contributed by atoms with E-state index in [1.54, 1.807) is 7.11 Å². The number of hydrogen-bond acceptors (Lipinski definition) is 2. The van der Waals surface area contributed by atoms with Crippen LogP contribution in [0.5, 0.6) is 5.75 Å². The zero-order valence-electron chi connectivity index (χ0n) is 11.8. The molecule has 3 nitrogen and oxygen atoms in total. The predicted molar refractivity (Wildman–Crippen MR) is 78.8 cm³/mol. The highest BCUT2D eigenvalue weighted by Gasteiger charge is 2.20. The van der Waals surface area contributed by atoms with Crippen LogP contribution in [-0.2, 0) is 6.42 Å². The second-order valence-corrected chi connectivity index (χ2v) is 5.56. The third-order valence-corrected chi connectivity index (χ3v) is 4.35. The number of piperidine rings is 1. The number of rotatable bonds is 3. The highest BCUT2D eigenvalue weighted by atomic mass is 16.5. The van der Waals surface area contributed by atoms with Crippen LogP contribution in [0.15, 0.2) is 24.4 Å². The molecule has 1 aliphatic rings. The van der Waals surface area contributed by atoms with Crippen LogP contribution in [0.3, 0.4) is 0 Å². The Morgan fingerprint density at radius 2 is 2.26 bits per heavy atom. The lowest BCUT2D eigenvalue weighted by Gasteiger charge is -2.32. The molecule has 3 rings (SSSR count). The summed E-state index contributed by atoms with van der Waals surface area (Å²) in [7, 11) is 3.97. The summed E-state index contributed by atoms with van der Waals surface area (Å²) in [6.07, 6.45) is 7.30. The average Bonchev–Trinajstić information content (AvgIpc) is 2.84. The number of likely N-dealkylation sites (tertiary alicyclic amines) is 1. The lowest BCUT2D eigenvalue weighted by Crippen LogP contribution is -2.37. The van der Waals surface area contributed by atoms with Crippen molar-refractivity contribution < 1.29 is 4.74 Å². The highest BCUT2D eigenvalue weighted by Crippen LogP contribution is 2.27. The van der Waals surface area contributed by atoms with E-state index in [-0.39, 0.29) is 0 Å². The summed E-state index contributed by atoms with van der Waals surface area (Å²) in [5.74, 6) is 0.936. The number of benzene rings is 1. The molecular weight excluding hydrogens is 236 g/mol. The second-order valence-electron chi connectivity index (χ2n) is 5.56. The minimum atomic E-state index is 0.680. The number of nitrogens with zero attached hydrogens (tertiary/aromatic N) is 1. The Morgan fingerprint density at radius 1 is 1.37 bits per heavy atom. The molecule has 2 heterocycles. The number of methoxy groups -OCH3 is 1. The summed E-state index contributed by atoms with van der Waals surface area (Å²) in [4.78, 5) is 5.87. The van der Waals surface area contributed by atoms with Crippen molar-refractivity contribution in [3.8, 4) is 5.75 Å². The monoisotopic (exact) mass is 258 g/mol. The van der Waals surface area contributed by atoms with Gasteiger partial charge in [0.05, 0.1) is 7.11 Å². The first-order valence-corrected chi connectivity index (χ1v) is 7.12. The van der Waals surface area contributed by atoms with Crippen molar-refractivity contribution in [3.05, 3.63) is 30.0 Å². The van der Waals surface area contributed by atoms with Crippen LogP contribution in [0.25, 0.3) is 10.9 Å². The third-order valence-electron chi connectivity index (χ3n) is 4.35. The first-order chi connectivity index (χ1) is 9.28. The average molecular weight is 258 g/mol. The van der Waals surface area contributed by atoms with Crippen molar-refractivity contribution in [3.63, 3.8) is 0 Å². The predicted octanol–water partition coefficient (Wildman–Crippen LogP) is 3.20. The molecule has 102 valence electrons. The topological polar surface area (TPSA) is 28.3 Å². The maximum Gasteiger partial charge on any atom is 0.119 e. The van der Waals surface area contributed by atoms with Gasteiger partial charge in [-0.1, -0.05) is 6.42 Å². The summed E-state index contributed by atoms with van der Waals surface area (Å²) in [6, 6.07) is 6.93. The number of fused-ring (bicyclic) bond motifs is 1. The summed E-state index contributed by atoms with van der Waals surface area (Å²) in [5.41, 5.74) is 2.61. The lowest BCUT2D eigenvalue weighted by atomic mass is 9.96. The van der Waals surface area contributed by atoms with Gasteiger partial charge in [0.2, 0.25) is 0 Å². The van der Waals surface area contributed by atoms with E-state index in [2.05, 4.69) is 35.3 Å². The summed E-state index contributed by atoms with van der Waals surface area (Å²) in [6.45, 7) is 1.23. The number of aromatic nitrogens is 1. The van der Waals surface area contributed by atoms with E-state index in [4.69, 9.17) is 4.74 Å². The minimum absolute atomic E-state index is 0.680. The van der Waals surface area contributed by atoms with Crippen molar-refractivity contribution in [2.24, 2.45) is 0 Å². The van der Waals surface area contributed by atoms with Crippen LogP contribution >= 0.6 is 0 Å². The first kappa shape index (κ1) is 12.5. The second kappa shape index (κ2) is 5.25. The number of H-pyrrole nitrogens is 1. The van der Waals surface area contributed by atoms with Gasteiger partial charge < -0.3 is 14.6 Å². The molecule has 1 aromatic carbocycles. The summed E-state index contributed by atoms with van der Waals surface area (Å²) in [5, 5.41) is 1.30. The Kier molecular flexibility index (Phi) is 3.47. The maximum atomic E-state index is 5.33. The van der Waals surface area contributed by atoms with Crippen LogP contribution in [0.1, 0.15) is 24.8 Å². The number of hydrogen-bond donors (Lipinski definition) is 1. The smallest absolute Gasteiger partial charge is 0.119 e. The SMILES string of the molecule is COc1ccc2[nH]cc(C[C@@H]3CCCCN3C)c2c1. The fourth-order valence-corrected chi connectivity index (χ4v) is 3.11. The van der Waals surface area contributed by atoms with Crippen LogP contribution in [-0.4, -0.2) is 36.6 Å². The molecule has 0 amide bonds. The van der Waals surface area contributed by atoms with E-state index >= 15 is 0 Å². The number of likely N-dealkylation sites (N-methyl/N-ethyl adjacent to an activating group) is 1. The first-order valence-electron chi connectivity index (χ1n) is 7.12. The molecule has 1 saturated heterocycles. The van der Waals surface area contributed by atoms with Gasteiger partial charge in [0.15, 0.2) is 0 Å². The summed E-state index contributed by atoms with van der Waals surface area (Å²) < 4.78 is 5.33. The molecule has 2 aromatic rings. The molecule has 0 saturated carbocycles. The lowest BCUT2D eigenvalue weighted by molar-refractivity contribution is 0.185. The van der Waals surface area contributed by atoms with Gasteiger partial charge in [-0.15, -0.1) is 0 Å². The highest BCUT2D eigenvalue weighted by molar-refractivity contribution is 5.84. The van der Waals surface area contributed by atoms with E-state index in [9.17, 15) is 0 Å². The van der Waals surface area contributed by atoms with Crippen molar-refractivity contribution in [2.75, 3.05) is 20.7 Å². The van der Waals surface area contributed by atoms with Crippen LogP contribution in [0.4, 0.5) is 0 Å². The van der Waals surface area contributed by atoms with Gasteiger partial charge in [-0.2, -0.15) is 0 Å². The third kappa shape index (κ3) is 2.47. The zero-order valence-corrected chi connectivity index (χ0v) is 11.8. The van der Waals surface area contributed by atoms with Crippen LogP contribution < -0.4 is 4.74 Å². The van der Waals surface area contributed by atoms with Crippen LogP contribution in [0.2, 0.25) is 0 Å². The molecule has 1 fully saturated rings. The molecular formula is C16H22N2O.